The Kier molecular flexibility index (Phi) is 2.88. The van der Waals surface area contributed by atoms with Gasteiger partial charge in [0.2, 0.25) is 0 Å². The molecule has 0 spiro atoms. The first-order chi connectivity index (χ1) is 8.08. The minimum Gasteiger partial charge on any atom is -0.364 e. The number of primary amides is 1. The van der Waals surface area contributed by atoms with E-state index < -0.39 is 5.91 Å². The summed E-state index contributed by atoms with van der Waals surface area (Å²) in [7, 11) is 0. The molecule has 2 aromatic heterocycles. The molecular weight excluding hydrogens is 218 g/mol. The van der Waals surface area contributed by atoms with E-state index in [1.165, 1.54) is 4.68 Å². The smallest absolute Gasteiger partial charge is 0.269 e. The molecule has 6 nitrogen and oxygen atoms in total. The van der Waals surface area contributed by atoms with Crippen molar-refractivity contribution in [1.82, 2.24) is 14.8 Å². The highest BCUT2D eigenvalue weighted by Gasteiger charge is 2.07. The van der Waals surface area contributed by atoms with Crippen molar-refractivity contribution in [2.45, 2.75) is 13.0 Å². The molecule has 0 aliphatic heterocycles. The summed E-state index contributed by atoms with van der Waals surface area (Å²) >= 11 is 0. The Balaban J connectivity index is 2.30. The molecule has 0 bridgehead atoms. The predicted molar refractivity (Wildman–Crippen MR) is 62.5 cm³/mol. The summed E-state index contributed by atoms with van der Waals surface area (Å²) in [5, 5.41) is 4.00. The highest BCUT2D eigenvalue weighted by molar-refractivity contribution is 5.90. The molecule has 2 aromatic rings. The van der Waals surface area contributed by atoms with Crippen molar-refractivity contribution in [2.24, 2.45) is 11.5 Å². The van der Waals surface area contributed by atoms with Gasteiger partial charge in [0.15, 0.2) is 5.82 Å². The normalized spacial score (nSPS) is 12.4. The summed E-state index contributed by atoms with van der Waals surface area (Å²) < 4.78 is 1.49. The maximum atomic E-state index is 10.9. The van der Waals surface area contributed by atoms with E-state index in [9.17, 15) is 4.79 Å². The maximum Gasteiger partial charge on any atom is 0.269 e. The number of rotatable bonds is 3. The van der Waals surface area contributed by atoms with Crippen LogP contribution in [0.1, 0.15) is 29.0 Å². The maximum absolute atomic E-state index is 10.9. The molecule has 4 N–H and O–H groups in total. The van der Waals surface area contributed by atoms with Crippen LogP contribution in [0, 0.1) is 0 Å². The van der Waals surface area contributed by atoms with Gasteiger partial charge >= 0.3 is 0 Å². The summed E-state index contributed by atoms with van der Waals surface area (Å²) in [6.45, 7) is 1.88. The second-order valence-corrected chi connectivity index (χ2v) is 3.75. The minimum atomic E-state index is -0.559. The van der Waals surface area contributed by atoms with Crippen LogP contribution in [0.3, 0.4) is 0 Å². The van der Waals surface area contributed by atoms with Crippen LogP contribution in [0.15, 0.2) is 30.6 Å². The molecule has 1 unspecified atom stereocenters. The zero-order valence-electron chi connectivity index (χ0n) is 9.37. The predicted octanol–water partition coefficient (Wildman–Crippen LogP) is 0.386. The van der Waals surface area contributed by atoms with Gasteiger partial charge < -0.3 is 11.5 Å². The second kappa shape index (κ2) is 4.34. The van der Waals surface area contributed by atoms with Gasteiger partial charge in [0.25, 0.3) is 5.91 Å². The third-order valence-corrected chi connectivity index (χ3v) is 2.37. The van der Waals surface area contributed by atoms with E-state index in [-0.39, 0.29) is 11.7 Å². The van der Waals surface area contributed by atoms with Gasteiger partial charge in [0, 0.05) is 18.4 Å². The van der Waals surface area contributed by atoms with E-state index in [4.69, 9.17) is 11.5 Å². The summed E-state index contributed by atoms with van der Waals surface area (Å²) in [6, 6.07) is 5.15. The fourth-order valence-corrected chi connectivity index (χ4v) is 1.39. The van der Waals surface area contributed by atoms with Gasteiger partial charge in [0.1, 0.15) is 5.69 Å². The fraction of sp³-hybridized carbons (Fsp3) is 0.182. The molecule has 0 saturated heterocycles. The number of hydrogen-bond acceptors (Lipinski definition) is 4. The van der Waals surface area contributed by atoms with Gasteiger partial charge in [-0.15, -0.1) is 0 Å². The van der Waals surface area contributed by atoms with Gasteiger partial charge in [-0.05, 0) is 24.6 Å². The molecule has 88 valence electrons. The number of hydrogen-bond donors (Lipinski definition) is 2. The van der Waals surface area contributed by atoms with Gasteiger partial charge in [-0.3, -0.25) is 4.79 Å². The lowest BCUT2D eigenvalue weighted by Gasteiger charge is -2.05. The molecule has 2 rings (SSSR count). The molecule has 0 aromatic carbocycles. The second-order valence-electron chi connectivity index (χ2n) is 3.75. The molecular formula is C11H13N5O. The van der Waals surface area contributed by atoms with Crippen molar-refractivity contribution in [1.29, 1.82) is 0 Å². The SMILES string of the molecule is CC(N)c1ccc(-n2ccc(C(N)=O)n2)nc1. The van der Waals surface area contributed by atoms with E-state index in [0.717, 1.165) is 5.56 Å². The van der Waals surface area contributed by atoms with Crippen molar-refractivity contribution in [2.75, 3.05) is 0 Å². The largest absolute Gasteiger partial charge is 0.364 e. The highest BCUT2D eigenvalue weighted by atomic mass is 16.1. The van der Waals surface area contributed by atoms with E-state index in [2.05, 4.69) is 10.1 Å². The summed E-state index contributed by atoms with van der Waals surface area (Å²) in [6.07, 6.45) is 3.32. The first kappa shape index (κ1) is 11.3. The Morgan fingerprint density at radius 3 is 2.65 bits per heavy atom. The van der Waals surface area contributed by atoms with Crippen LogP contribution in [0.4, 0.5) is 0 Å². The molecule has 0 fully saturated rings. The zero-order chi connectivity index (χ0) is 12.4. The molecule has 0 radical (unpaired) electrons. The summed E-state index contributed by atoms with van der Waals surface area (Å²) in [4.78, 5) is 15.1. The van der Waals surface area contributed by atoms with Crippen LogP contribution in [0.2, 0.25) is 0 Å². The lowest BCUT2D eigenvalue weighted by atomic mass is 10.2. The van der Waals surface area contributed by atoms with Crippen LogP contribution < -0.4 is 11.5 Å². The highest BCUT2D eigenvalue weighted by Crippen LogP contribution is 2.10. The van der Waals surface area contributed by atoms with Gasteiger partial charge in [-0.1, -0.05) is 6.07 Å². The van der Waals surface area contributed by atoms with Crippen molar-refractivity contribution >= 4 is 5.91 Å². The quantitative estimate of drug-likeness (QED) is 0.797. The Hall–Kier alpha value is -2.21. The number of aromatic nitrogens is 3. The van der Waals surface area contributed by atoms with Crippen LogP contribution in [-0.4, -0.2) is 20.7 Å². The topological polar surface area (TPSA) is 99.8 Å². The lowest BCUT2D eigenvalue weighted by molar-refractivity contribution is 0.0995. The molecule has 1 amide bonds. The number of nitrogens with two attached hydrogens (primary N) is 2. The van der Waals surface area contributed by atoms with Crippen LogP contribution in [-0.2, 0) is 0 Å². The van der Waals surface area contributed by atoms with E-state index in [1.54, 1.807) is 24.5 Å². The number of carbonyl (C=O) groups is 1. The summed E-state index contributed by atoms with van der Waals surface area (Å²) in [5.41, 5.74) is 12.0. The molecule has 0 saturated carbocycles. The number of carbonyl (C=O) groups excluding carboxylic acids is 1. The Labute approximate surface area is 98.3 Å². The molecule has 17 heavy (non-hydrogen) atoms. The van der Waals surface area contributed by atoms with E-state index >= 15 is 0 Å². The molecule has 1 atom stereocenters. The standard InChI is InChI=1S/C11H13N5O/c1-7(12)8-2-3-10(14-6-8)16-5-4-9(15-16)11(13)17/h2-7H,12H2,1H3,(H2,13,17). The van der Waals surface area contributed by atoms with Crippen molar-refractivity contribution < 1.29 is 4.79 Å². The lowest BCUT2D eigenvalue weighted by Crippen LogP contribution is -2.12. The minimum absolute atomic E-state index is 0.0599. The number of nitrogens with zero attached hydrogens (tertiary/aromatic N) is 3. The number of pyridine rings is 1. The molecule has 0 aliphatic carbocycles. The van der Waals surface area contributed by atoms with Crippen LogP contribution in [0.25, 0.3) is 5.82 Å². The first-order valence-electron chi connectivity index (χ1n) is 5.15. The Bertz CT molecular complexity index is 529. The van der Waals surface area contributed by atoms with Crippen LogP contribution in [0.5, 0.6) is 0 Å². The average molecular weight is 231 g/mol. The zero-order valence-corrected chi connectivity index (χ0v) is 9.37. The van der Waals surface area contributed by atoms with Crippen molar-refractivity contribution in [3.05, 3.63) is 41.9 Å². The molecule has 6 heteroatoms. The van der Waals surface area contributed by atoms with Gasteiger partial charge in [0.05, 0.1) is 0 Å². The fourth-order valence-electron chi connectivity index (χ4n) is 1.39. The Morgan fingerprint density at radius 1 is 1.41 bits per heavy atom. The van der Waals surface area contributed by atoms with Crippen molar-refractivity contribution in [3.8, 4) is 5.82 Å². The van der Waals surface area contributed by atoms with Crippen LogP contribution >= 0.6 is 0 Å². The first-order valence-corrected chi connectivity index (χ1v) is 5.15. The van der Waals surface area contributed by atoms with E-state index in [0.29, 0.717) is 5.82 Å². The number of amides is 1. The third kappa shape index (κ3) is 2.31. The monoisotopic (exact) mass is 231 g/mol. The average Bonchev–Trinajstić information content (AvgIpc) is 2.78. The molecule has 2 heterocycles. The van der Waals surface area contributed by atoms with Gasteiger partial charge in [-0.2, -0.15) is 5.10 Å². The summed E-state index contributed by atoms with van der Waals surface area (Å²) in [5.74, 6) is 0.0536. The molecule has 0 aliphatic rings. The Morgan fingerprint density at radius 2 is 2.18 bits per heavy atom. The third-order valence-electron chi connectivity index (χ3n) is 2.37. The van der Waals surface area contributed by atoms with E-state index in [1.807, 2.05) is 13.0 Å². The van der Waals surface area contributed by atoms with Gasteiger partial charge in [-0.25, -0.2) is 9.67 Å². The van der Waals surface area contributed by atoms with Crippen molar-refractivity contribution in [3.63, 3.8) is 0 Å².